The van der Waals surface area contributed by atoms with Gasteiger partial charge in [-0.3, -0.25) is 0 Å². The third-order valence-electron chi connectivity index (χ3n) is 2.99. The summed E-state index contributed by atoms with van der Waals surface area (Å²) in [4.78, 5) is 0. The first-order valence-electron chi connectivity index (χ1n) is 6.06. The summed E-state index contributed by atoms with van der Waals surface area (Å²) in [7, 11) is 3.06. The quantitative estimate of drug-likeness (QED) is 0.809. The van der Waals surface area contributed by atoms with Crippen LogP contribution in [0.3, 0.4) is 0 Å². The Balaban J connectivity index is 3.75. The molecule has 0 fully saturated rings. The van der Waals surface area contributed by atoms with Gasteiger partial charge in [-0.25, -0.2) is 0 Å². The summed E-state index contributed by atoms with van der Waals surface area (Å²) in [6.07, 6.45) is 0. The lowest BCUT2D eigenvalue weighted by atomic mass is 9.92. The Kier molecular flexibility index (Phi) is 4.33. The van der Waals surface area contributed by atoms with Gasteiger partial charge in [0.15, 0.2) is 23.0 Å². The Morgan fingerprint density at radius 3 is 1.17 bits per heavy atom. The van der Waals surface area contributed by atoms with Crippen molar-refractivity contribution in [3.63, 3.8) is 0 Å². The fourth-order valence-corrected chi connectivity index (χ4v) is 2.19. The number of benzene rings is 1. The molecular formula is C14H22O4. The molecule has 0 saturated heterocycles. The molecule has 1 aromatic carbocycles. The number of phenolic OH excluding ortho intramolecular Hbond substituents is 2. The van der Waals surface area contributed by atoms with E-state index in [1.54, 1.807) is 0 Å². The van der Waals surface area contributed by atoms with E-state index in [0.717, 1.165) is 0 Å². The molecule has 0 saturated carbocycles. The van der Waals surface area contributed by atoms with Gasteiger partial charge in [-0.2, -0.15) is 0 Å². The van der Waals surface area contributed by atoms with Crippen molar-refractivity contribution in [1.82, 2.24) is 0 Å². The number of phenols is 2. The molecule has 0 unspecified atom stereocenters. The van der Waals surface area contributed by atoms with Crippen molar-refractivity contribution < 1.29 is 19.7 Å². The van der Waals surface area contributed by atoms with Crippen LogP contribution in [0.1, 0.15) is 50.7 Å². The second kappa shape index (κ2) is 5.38. The van der Waals surface area contributed by atoms with Crippen LogP contribution in [0.25, 0.3) is 0 Å². The van der Waals surface area contributed by atoms with Gasteiger partial charge in [0.25, 0.3) is 0 Å². The SMILES string of the molecule is COc1c(OC)c(C(C)C)c(O)c(O)c1C(C)C. The molecule has 18 heavy (non-hydrogen) atoms. The Bertz CT molecular complexity index is 395. The minimum atomic E-state index is -0.119. The second-order valence-corrected chi connectivity index (χ2v) is 4.90. The summed E-state index contributed by atoms with van der Waals surface area (Å²) in [6, 6.07) is 0. The van der Waals surface area contributed by atoms with Crippen LogP contribution in [0.15, 0.2) is 0 Å². The van der Waals surface area contributed by atoms with Gasteiger partial charge in [0.05, 0.1) is 14.2 Å². The molecule has 0 spiro atoms. The normalized spacial score (nSPS) is 11.1. The topological polar surface area (TPSA) is 58.9 Å². The first kappa shape index (κ1) is 14.5. The maximum atomic E-state index is 10.1. The van der Waals surface area contributed by atoms with E-state index in [0.29, 0.717) is 22.6 Å². The molecule has 0 aliphatic heterocycles. The van der Waals surface area contributed by atoms with E-state index in [4.69, 9.17) is 9.47 Å². The van der Waals surface area contributed by atoms with Crippen molar-refractivity contribution in [3.05, 3.63) is 11.1 Å². The summed E-state index contributed by atoms with van der Waals surface area (Å²) in [5.41, 5.74) is 1.13. The highest BCUT2D eigenvalue weighted by Crippen LogP contribution is 2.52. The minimum Gasteiger partial charge on any atom is -0.504 e. The molecule has 0 heterocycles. The molecule has 4 heteroatoms. The van der Waals surface area contributed by atoms with Gasteiger partial charge in [0, 0.05) is 11.1 Å². The van der Waals surface area contributed by atoms with Gasteiger partial charge >= 0.3 is 0 Å². The molecular weight excluding hydrogens is 232 g/mol. The van der Waals surface area contributed by atoms with Crippen LogP contribution in [0.4, 0.5) is 0 Å². The molecule has 4 nitrogen and oxygen atoms in total. The fraction of sp³-hybridized carbons (Fsp3) is 0.571. The smallest absolute Gasteiger partial charge is 0.168 e. The predicted molar refractivity (Wildman–Crippen MR) is 71.1 cm³/mol. The Hall–Kier alpha value is -1.58. The van der Waals surface area contributed by atoms with Crippen LogP contribution in [0.5, 0.6) is 23.0 Å². The summed E-state index contributed by atoms with van der Waals surface area (Å²) >= 11 is 0. The number of ether oxygens (including phenoxy) is 2. The van der Waals surface area contributed by atoms with Crippen molar-refractivity contribution in [2.24, 2.45) is 0 Å². The first-order valence-corrected chi connectivity index (χ1v) is 6.06. The molecule has 1 rings (SSSR count). The third kappa shape index (κ3) is 2.19. The van der Waals surface area contributed by atoms with Gasteiger partial charge in [-0.1, -0.05) is 27.7 Å². The van der Waals surface area contributed by atoms with Gasteiger partial charge < -0.3 is 19.7 Å². The van der Waals surface area contributed by atoms with E-state index in [1.165, 1.54) is 14.2 Å². The van der Waals surface area contributed by atoms with Gasteiger partial charge in [-0.15, -0.1) is 0 Å². The van der Waals surface area contributed by atoms with Gasteiger partial charge in [0.1, 0.15) is 0 Å². The van der Waals surface area contributed by atoms with E-state index >= 15 is 0 Å². The zero-order chi connectivity index (χ0) is 14.0. The van der Waals surface area contributed by atoms with Crippen molar-refractivity contribution in [3.8, 4) is 23.0 Å². The number of hydrogen-bond donors (Lipinski definition) is 2. The third-order valence-corrected chi connectivity index (χ3v) is 2.99. The van der Waals surface area contributed by atoms with E-state index < -0.39 is 0 Å². The van der Waals surface area contributed by atoms with Crippen molar-refractivity contribution in [1.29, 1.82) is 0 Å². The second-order valence-electron chi connectivity index (χ2n) is 4.90. The average molecular weight is 254 g/mol. The summed E-state index contributed by atoms with van der Waals surface area (Å²) in [5, 5.41) is 20.3. The lowest BCUT2D eigenvalue weighted by Gasteiger charge is -2.22. The molecule has 0 aromatic heterocycles. The van der Waals surface area contributed by atoms with Crippen molar-refractivity contribution >= 4 is 0 Å². The molecule has 0 atom stereocenters. The monoisotopic (exact) mass is 254 g/mol. The summed E-state index contributed by atoms with van der Waals surface area (Å²) < 4.78 is 10.7. The Morgan fingerprint density at radius 2 is 1.00 bits per heavy atom. The van der Waals surface area contributed by atoms with Crippen LogP contribution < -0.4 is 9.47 Å². The predicted octanol–water partition coefficient (Wildman–Crippen LogP) is 3.36. The first-order chi connectivity index (χ1) is 8.36. The van der Waals surface area contributed by atoms with E-state index in [-0.39, 0.29) is 23.3 Å². The molecule has 2 N–H and O–H groups in total. The number of rotatable bonds is 4. The molecule has 0 aliphatic carbocycles. The van der Waals surface area contributed by atoms with Crippen LogP contribution in [-0.4, -0.2) is 24.4 Å². The average Bonchev–Trinajstić information content (AvgIpc) is 2.30. The highest BCUT2D eigenvalue weighted by Gasteiger charge is 2.27. The highest BCUT2D eigenvalue weighted by atomic mass is 16.5. The van der Waals surface area contributed by atoms with E-state index in [2.05, 4.69) is 0 Å². The molecule has 0 bridgehead atoms. The maximum absolute atomic E-state index is 10.1. The van der Waals surface area contributed by atoms with Gasteiger partial charge in [-0.05, 0) is 11.8 Å². The summed E-state index contributed by atoms with van der Waals surface area (Å²) in [5.74, 6) is 0.776. The molecule has 0 aliphatic rings. The lowest BCUT2D eigenvalue weighted by Crippen LogP contribution is -2.03. The summed E-state index contributed by atoms with van der Waals surface area (Å²) in [6.45, 7) is 7.69. The standard InChI is InChI=1S/C14H22O4/c1-7(2)9-11(15)12(16)10(8(3)4)14(18-6)13(9)17-5/h7-8,15-16H,1-6H3. The van der Waals surface area contributed by atoms with Crippen LogP contribution in [-0.2, 0) is 0 Å². The van der Waals surface area contributed by atoms with E-state index in [1.807, 2.05) is 27.7 Å². The molecule has 0 radical (unpaired) electrons. The van der Waals surface area contributed by atoms with Crippen molar-refractivity contribution in [2.45, 2.75) is 39.5 Å². The molecule has 1 aromatic rings. The number of aromatic hydroxyl groups is 2. The Morgan fingerprint density at radius 1 is 0.722 bits per heavy atom. The zero-order valence-corrected chi connectivity index (χ0v) is 11.9. The Labute approximate surface area is 108 Å². The molecule has 102 valence electrons. The van der Waals surface area contributed by atoms with E-state index in [9.17, 15) is 10.2 Å². The highest BCUT2D eigenvalue weighted by molar-refractivity contribution is 5.67. The largest absolute Gasteiger partial charge is 0.504 e. The number of methoxy groups -OCH3 is 2. The molecule has 0 amide bonds. The van der Waals surface area contributed by atoms with Gasteiger partial charge in [0.2, 0.25) is 0 Å². The lowest BCUT2D eigenvalue weighted by molar-refractivity contribution is 0.327. The minimum absolute atomic E-state index is 0.0148. The van der Waals surface area contributed by atoms with Crippen LogP contribution in [0.2, 0.25) is 0 Å². The maximum Gasteiger partial charge on any atom is 0.168 e. The zero-order valence-electron chi connectivity index (χ0n) is 11.9. The van der Waals surface area contributed by atoms with Crippen LogP contribution >= 0.6 is 0 Å². The number of hydrogen-bond acceptors (Lipinski definition) is 4. The fourth-order valence-electron chi connectivity index (χ4n) is 2.19. The van der Waals surface area contributed by atoms with Crippen molar-refractivity contribution in [2.75, 3.05) is 14.2 Å². The van der Waals surface area contributed by atoms with Crippen LogP contribution in [0, 0.1) is 0 Å².